The first-order chi connectivity index (χ1) is 16.5. The molecule has 34 heavy (non-hydrogen) atoms. The van der Waals surface area contributed by atoms with E-state index < -0.39 is 0 Å². The maximum absolute atomic E-state index is 9.63. The van der Waals surface area contributed by atoms with Crippen LogP contribution in [0.1, 0.15) is 31.7 Å². The number of aliphatic hydroxyl groups excluding tert-OH is 1. The first-order valence-corrected chi connectivity index (χ1v) is 11.8. The molecule has 1 aliphatic carbocycles. The molecule has 1 unspecified atom stereocenters. The Labute approximate surface area is 204 Å². The summed E-state index contributed by atoms with van der Waals surface area (Å²) in [5.41, 5.74) is 2.99. The minimum absolute atomic E-state index is 0.0807. The average molecular weight is 469 g/mol. The number of benzene rings is 1. The van der Waals surface area contributed by atoms with Crippen molar-refractivity contribution < 1.29 is 19.7 Å². The topological polar surface area (TPSA) is 86.0 Å². The zero-order valence-electron chi connectivity index (χ0n) is 20.8. The van der Waals surface area contributed by atoms with E-state index in [0.29, 0.717) is 18.9 Å². The molecule has 1 aliphatic heterocycles. The molecule has 1 heterocycles. The largest absolute Gasteiger partial charge is 0.508 e. The smallest absolute Gasteiger partial charge is 0.115 e. The van der Waals surface area contributed by atoms with Crippen LogP contribution in [0.25, 0.3) is 0 Å². The van der Waals surface area contributed by atoms with Crippen molar-refractivity contribution in [3.63, 3.8) is 0 Å². The van der Waals surface area contributed by atoms with Crippen molar-refractivity contribution in [1.29, 1.82) is 5.41 Å². The molecule has 1 aromatic rings. The van der Waals surface area contributed by atoms with Crippen LogP contribution in [0.4, 0.5) is 0 Å². The van der Waals surface area contributed by atoms with Gasteiger partial charge >= 0.3 is 0 Å². The number of phenolic OH excluding ortho intramolecular Hbond substituents is 1. The summed E-state index contributed by atoms with van der Waals surface area (Å²) in [7, 11) is 2.70. The summed E-state index contributed by atoms with van der Waals surface area (Å²) >= 11 is 0. The molecule has 6 heteroatoms. The number of aliphatic hydroxyl groups is 1. The number of ether oxygens (including phenoxy) is 2. The van der Waals surface area contributed by atoms with E-state index in [0.717, 1.165) is 62.7 Å². The minimum atomic E-state index is 0.0807. The van der Waals surface area contributed by atoms with E-state index in [1.165, 1.54) is 0 Å². The molecule has 0 amide bonds. The Morgan fingerprint density at radius 2 is 1.91 bits per heavy atom. The van der Waals surface area contributed by atoms with E-state index in [-0.39, 0.29) is 17.3 Å². The monoisotopic (exact) mass is 468 g/mol. The standard InChI is InChI=1S/C27H36N2O3.CH4O/c1-4-5-6-7-21(2)25(26(28)22-8-10-23(30)11-9-22)18-27(13-14-27)20-29-15-12-24(19-29)32-17-16-31-3;1-2/h4-11,18,24,28,30H,2,12-17,19-20H2,1,3H3;2H,1H3/b5-4-,7-6-,25-18+,28-26?;. The van der Waals surface area contributed by atoms with Crippen LogP contribution in [0.2, 0.25) is 0 Å². The zero-order chi connectivity index (χ0) is 25.0. The van der Waals surface area contributed by atoms with Gasteiger partial charge in [-0.3, -0.25) is 10.3 Å². The molecule has 1 saturated carbocycles. The average Bonchev–Trinajstić information content (AvgIpc) is 3.46. The molecule has 1 saturated heterocycles. The van der Waals surface area contributed by atoms with Gasteiger partial charge in [0.15, 0.2) is 0 Å². The predicted octanol–water partition coefficient (Wildman–Crippen LogP) is 4.50. The normalized spacial score (nSPS) is 19.9. The van der Waals surface area contributed by atoms with Crippen LogP contribution >= 0.6 is 0 Å². The highest BCUT2D eigenvalue weighted by Gasteiger charge is 2.43. The second-order valence-corrected chi connectivity index (χ2v) is 8.76. The Balaban J connectivity index is 0.00000199. The molecule has 0 spiro atoms. The number of phenols is 1. The van der Waals surface area contributed by atoms with Gasteiger partial charge in [-0.1, -0.05) is 37.0 Å². The molecule has 2 fully saturated rings. The molecule has 1 atom stereocenters. The quantitative estimate of drug-likeness (QED) is 0.239. The first-order valence-electron chi connectivity index (χ1n) is 11.8. The van der Waals surface area contributed by atoms with Crippen molar-refractivity contribution in [3.8, 4) is 5.75 Å². The van der Waals surface area contributed by atoms with E-state index >= 15 is 0 Å². The van der Waals surface area contributed by atoms with Crippen LogP contribution in [-0.2, 0) is 9.47 Å². The van der Waals surface area contributed by atoms with Gasteiger partial charge < -0.3 is 19.7 Å². The summed E-state index contributed by atoms with van der Waals surface area (Å²) in [6, 6.07) is 6.83. The lowest BCUT2D eigenvalue weighted by atomic mass is 9.91. The lowest BCUT2D eigenvalue weighted by Crippen LogP contribution is -2.30. The second kappa shape index (κ2) is 14.0. The number of methoxy groups -OCH3 is 1. The number of aromatic hydroxyl groups is 1. The third-order valence-corrected chi connectivity index (χ3v) is 6.12. The van der Waals surface area contributed by atoms with Gasteiger partial charge in [0.25, 0.3) is 0 Å². The van der Waals surface area contributed by atoms with Crippen molar-refractivity contribution in [2.45, 2.75) is 32.3 Å². The highest BCUT2D eigenvalue weighted by atomic mass is 16.5. The lowest BCUT2D eigenvalue weighted by Gasteiger charge is -2.23. The number of nitrogens with one attached hydrogen (secondary N) is 1. The Hall–Kier alpha value is -2.51. The highest BCUT2D eigenvalue weighted by molar-refractivity contribution is 6.13. The third kappa shape index (κ3) is 8.37. The number of rotatable bonds is 12. The van der Waals surface area contributed by atoms with Crippen molar-refractivity contribution in [1.82, 2.24) is 4.90 Å². The van der Waals surface area contributed by atoms with Gasteiger partial charge in [-0.2, -0.15) is 0 Å². The molecule has 2 aliphatic rings. The fourth-order valence-electron chi connectivity index (χ4n) is 4.12. The first kappa shape index (κ1) is 27.7. The van der Waals surface area contributed by atoms with Crippen LogP contribution in [0.15, 0.2) is 72.4 Å². The summed E-state index contributed by atoms with van der Waals surface area (Å²) < 4.78 is 11.0. The molecule has 0 aromatic heterocycles. The molecule has 6 nitrogen and oxygen atoms in total. The van der Waals surface area contributed by atoms with Crippen LogP contribution in [0.5, 0.6) is 5.75 Å². The van der Waals surface area contributed by atoms with E-state index in [4.69, 9.17) is 20.0 Å². The van der Waals surface area contributed by atoms with Gasteiger partial charge in [-0.25, -0.2) is 0 Å². The lowest BCUT2D eigenvalue weighted by molar-refractivity contribution is 0.0216. The van der Waals surface area contributed by atoms with Gasteiger partial charge in [0, 0.05) is 50.4 Å². The van der Waals surface area contributed by atoms with Crippen molar-refractivity contribution >= 4 is 5.71 Å². The molecule has 0 bridgehead atoms. The van der Waals surface area contributed by atoms with E-state index in [2.05, 4.69) is 17.6 Å². The van der Waals surface area contributed by atoms with Crippen molar-refractivity contribution in [2.24, 2.45) is 5.41 Å². The SMILES string of the molecule is C=C(/C=C\C=C/C)/C(=C\C1(CN2CCC(OCCOC)C2)CC1)C(=N)c1ccc(O)cc1.CO. The van der Waals surface area contributed by atoms with Crippen LogP contribution in [-0.4, -0.2) is 74.0 Å². The summed E-state index contributed by atoms with van der Waals surface area (Å²) in [6.45, 7) is 10.5. The van der Waals surface area contributed by atoms with Crippen LogP contribution in [0, 0.1) is 10.8 Å². The third-order valence-electron chi connectivity index (χ3n) is 6.12. The number of likely N-dealkylation sites (tertiary alicyclic amines) is 1. The fraction of sp³-hybridized carbons (Fsp3) is 0.464. The van der Waals surface area contributed by atoms with Gasteiger partial charge in [-0.05, 0) is 56.0 Å². The van der Waals surface area contributed by atoms with Gasteiger partial charge in [0.05, 0.1) is 25.0 Å². The highest BCUT2D eigenvalue weighted by Crippen LogP contribution is 2.49. The van der Waals surface area contributed by atoms with E-state index in [9.17, 15) is 5.11 Å². The molecule has 3 N–H and O–H groups in total. The Morgan fingerprint density at radius 1 is 1.21 bits per heavy atom. The second-order valence-electron chi connectivity index (χ2n) is 8.76. The molecule has 3 rings (SSSR count). The molecule has 1 aromatic carbocycles. The van der Waals surface area contributed by atoms with Gasteiger partial charge in [0.1, 0.15) is 5.75 Å². The van der Waals surface area contributed by atoms with E-state index in [1.807, 2.05) is 31.2 Å². The summed E-state index contributed by atoms with van der Waals surface area (Å²) in [6.07, 6.45) is 13.7. The summed E-state index contributed by atoms with van der Waals surface area (Å²) in [4.78, 5) is 2.49. The summed E-state index contributed by atoms with van der Waals surface area (Å²) in [5, 5.41) is 25.5. The maximum Gasteiger partial charge on any atom is 0.115 e. The van der Waals surface area contributed by atoms with Crippen LogP contribution in [0.3, 0.4) is 0 Å². The number of nitrogens with zero attached hydrogens (tertiary/aromatic N) is 1. The van der Waals surface area contributed by atoms with Crippen molar-refractivity contribution in [3.05, 3.63) is 77.9 Å². The molecular formula is C28H40N2O4. The summed E-state index contributed by atoms with van der Waals surface area (Å²) in [5.74, 6) is 0.203. The van der Waals surface area contributed by atoms with Gasteiger partial charge in [0.2, 0.25) is 0 Å². The van der Waals surface area contributed by atoms with E-state index in [1.54, 1.807) is 31.4 Å². The Morgan fingerprint density at radius 3 is 2.53 bits per heavy atom. The van der Waals surface area contributed by atoms with Crippen LogP contribution < -0.4 is 0 Å². The number of hydrogen-bond donors (Lipinski definition) is 3. The maximum atomic E-state index is 9.63. The fourth-order valence-corrected chi connectivity index (χ4v) is 4.12. The zero-order valence-corrected chi connectivity index (χ0v) is 20.8. The molecule has 0 radical (unpaired) electrons. The van der Waals surface area contributed by atoms with Gasteiger partial charge in [-0.15, -0.1) is 0 Å². The van der Waals surface area contributed by atoms with Crippen molar-refractivity contribution in [2.75, 3.05) is 47.1 Å². The Kier molecular flexibility index (Phi) is 11.4. The molecular weight excluding hydrogens is 428 g/mol. The molecule has 186 valence electrons. The predicted molar refractivity (Wildman–Crippen MR) is 139 cm³/mol. The minimum Gasteiger partial charge on any atom is -0.508 e. The Bertz CT molecular complexity index is 882. The number of hydrogen-bond acceptors (Lipinski definition) is 6. The number of allylic oxidation sites excluding steroid dienone is 6.